The van der Waals surface area contributed by atoms with Crippen molar-refractivity contribution in [3.63, 3.8) is 0 Å². The lowest BCUT2D eigenvalue weighted by molar-refractivity contribution is 0.569. The number of aromatic nitrogens is 1. The molecule has 19 heavy (non-hydrogen) atoms. The van der Waals surface area contributed by atoms with Crippen LogP contribution in [-0.2, 0) is 11.8 Å². The molecule has 0 amide bonds. The third-order valence-electron chi connectivity index (χ3n) is 3.20. The highest BCUT2D eigenvalue weighted by atomic mass is 35.5. The van der Waals surface area contributed by atoms with Crippen molar-refractivity contribution in [3.8, 4) is 0 Å². The van der Waals surface area contributed by atoms with Gasteiger partial charge in [-0.3, -0.25) is 0 Å². The number of rotatable bonds is 4. The molecule has 0 spiro atoms. The first-order valence-electron chi connectivity index (χ1n) is 6.56. The second kappa shape index (κ2) is 6.06. The number of halogens is 1. The number of benzene rings is 1. The molecule has 0 fully saturated rings. The number of hydrogen-bond donors (Lipinski definition) is 0. The van der Waals surface area contributed by atoms with E-state index in [9.17, 15) is 0 Å². The average Bonchev–Trinajstić information content (AvgIpc) is 2.85. The zero-order valence-corrected chi connectivity index (χ0v) is 13.3. The topological polar surface area (TPSA) is 12.9 Å². The standard InChI is InChI=1S/C16H20ClNS/c1-16(2,3)14-11-19-15(18-14)9-13(10-17)12-7-5-4-6-8-12/h4-8,11,13H,9-10H2,1-3H3. The van der Waals surface area contributed by atoms with Crippen LogP contribution in [0.2, 0.25) is 0 Å². The number of alkyl halides is 1. The zero-order chi connectivity index (χ0) is 13.9. The Hall–Kier alpha value is -0.860. The van der Waals surface area contributed by atoms with Crippen LogP contribution in [0, 0.1) is 0 Å². The van der Waals surface area contributed by atoms with Gasteiger partial charge in [-0.2, -0.15) is 0 Å². The first kappa shape index (κ1) is 14.5. The van der Waals surface area contributed by atoms with E-state index in [0.717, 1.165) is 6.42 Å². The zero-order valence-electron chi connectivity index (χ0n) is 11.7. The first-order chi connectivity index (χ1) is 9.00. The molecule has 0 aliphatic rings. The normalized spacial score (nSPS) is 13.5. The summed E-state index contributed by atoms with van der Waals surface area (Å²) in [5.41, 5.74) is 2.59. The van der Waals surface area contributed by atoms with E-state index in [-0.39, 0.29) is 5.41 Å². The molecule has 0 bridgehead atoms. The van der Waals surface area contributed by atoms with E-state index in [4.69, 9.17) is 16.6 Å². The Labute approximate surface area is 124 Å². The van der Waals surface area contributed by atoms with E-state index in [1.54, 1.807) is 11.3 Å². The van der Waals surface area contributed by atoms with Gasteiger partial charge in [0, 0.05) is 29.0 Å². The van der Waals surface area contributed by atoms with Crippen molar-refractivity contribution in [1.82, 2.24) is 4.98 Å². The molecule has 2 aromatic rings. The van der Waals surface area contributed by atoms with Crippen LogP contribution in [0.25, 0.3) is 0 Å². The summed E-state index contributed by atoms with van der Waals surface area (Å²) in [5.74, 6) is 0.982. The Morgan fingerprint density at radius 2 is 1.89 bits per heavy atom. The first-order valence-corrected chi connectivity index (χ1v) is 7.98. The van der Waals surface area contributed by atoms with E-state index >= 15 is 0 Å². The van der Waals surface area contributed by atoms with Gasteiger partial charge in [0.2, 0.25) is 0 Å². The lowest BCUT2D eigenvalue weighted by atomic mass is 9.93. The highest BCUT2D eigenvalue weighted by Crippen LogP contribution is 2.28. The minimum absolute atomic E-state index is 0.123. The highest BCUT2D eigenvalue weighted by molar-refractivity contribution is 7.09. The van der Waals surface area contributed by atoms with Gasteiger partial charge in [-0.1, -0.05) is 51.1 Å². The molecule has 1 aromatic carbocycles. The molecule has 3 heteroatoms. The Morgan fingerprint density at radius 3 is 2.42 bits per heavy atom. The van der Waals surface area contributed by atoms with Crippen molar-refractivity contribution >= 4 is 22.9 Å². The fraction of sp³-hybridized carbons (Fsp3) is 0.438. The Morgan fingerprint density at radius 1 is 1.21 bits per heavy atom. The van der Waals surface area contributed by atoms with Gasteiger partial charge in [0.25, 0.3) is 0 Å². The predicted molar refractivity (Wildman–Crippen MR) is 84.4 cm³/mol. The van der Waals surface area contributed by atoms with Crippen LogP contribution < -0.4 is 0 Å². The van der Waals surface area contributed by atoms with Gasteiger partial charge in [-0.15, -0.1) is 22.9 Å². The number of thiazole rings is 1. The molecule has 0 aliphatic carbocycles. The van der Waals surface area contributed by atoms with E-state index in [0.29, 0.717) is 11.8 Å². The largest absolute Gasteiger partial charge is 0.246 e. The number of nitrogens with zero attached hydrogens (tertiary/aromatic N) is 1. The Balaban J connectivity index is 2.13. The molecular formula is C16H20ClNS. The van der Waals surface area contributed by atoms with Gasteiger partial charge in [0.05, 0.1) is 10.7 Å². The summed E-state index contributed by atoms with van der Waals surface area (Å²) in [6, 6.07) is 10.5. The lowest BCUT2D eigenvalue weighted by Crippen LogP contribution is -2.12. The van der Waals surface area contributed by atoms with Crippen LogP contribution in [0.5, 0.6) is 0 Å². The molecule has 0 saturated heterocycles. The van der Waals surface area contributed by atoms with Gasteiger partial charge < -0.3 is 0 Å². The van der Waals surface area contributed by atoms with Crippen LogP contribution in [-0.4, -0.2) is 10.9 Å². The molecule has 1 atom stereocenters. The van der Waals surface area contributed by atoms with Crippen molar-refractivity contribution in [2.45, 2.75) is 38.5 Å². The second-order valence-electron chi connectivity index (χ2n) is 5.84. The molecule has 0 saturated carbocycles. The Bertz CT molecular complexity index is 513. The second-order valence-corrected chi connectivity index (χ2v) is 7.09. The van der Waals surface area contributed by atoms with E-state index in [1.807, 2.05) is 6.07 Å². The van der Waals surface area contributed by atoms with Gasteiger partial charge in [0.15, 0.2) is 0 Å². The molecule has 1 aromatic heterocycles. The molecule has 2 rings (SSSR count). The van der Waals surface area contributed by atoms with E-state index in [2.05, 4.69) is 50.4 Å². The van der Waals surface area contributed by atoms with Gasteiger partial charge in [0.1, 0.15) is 0 Å². The van der Waals surface area contributed by atoms with Crippen molar-refractivity contribution in [1.29, 1.82) is 0 Å². The van der Waals surface area contributed by atoms with Gasteiger partial charge >= 0.3 is 0 Å². The summed E-state index contributed by atoms with van der Waals surface area (Å²) < 4.78 is 0. The van der Waals surface area contributed by atoms with Crippen molar-refractivity contribution in [3.05, 3.63) is 52.0 Å². The van der Waals surface area contributed by atoms with Crippen LogP contribution in [0.1, 0.15) is 43.0 Å². The average molecular weight is 294 g/mol. The smallest absolute Gasteiger partial charge is 0.0935 e. The quantitative estimate of drug-likeness (QED) is 0.722. The molecule has 102 valence electrons. The molecule has 0 radical (unpaired) electrons. The van der Waals surface area contributed by atoms with Crippen LogP contribution in [0.4, 0.5) is 0 Å². The van der Waals surface area contributed by atoms with E-state index in [1.165, 1.54) is 16.3 Å². The molecule has 1 heterocycles. The number of hydrogen-bond acceptors (Lipinski definition) is 2. The minimum atomic E-state index is 0.123. The maximum absolute atomic E-state index is 6.13. The molecule has 0 N–H and O–H groups in total. The minimum Gasteiger partial charge on any atom is -0.246 e. The summed E-state index contributed by atoms with van der Waals surface area (Å²) in [7, 11) is 0. The van der Waals surface area contributed by atoms with Crippen LogP contribution in [0.15, 0.2) is 35.7 Å². The molecular weight excluding hydrogens is 274 g/mol. The van der Waals surface area contributed by atoms with Crippen molar-refractivity contribution < 1.29 is 0 Å². The van der Waals surface area contributed by atoms with Crippen LogP contribution in [0.3, 0.4) is 0 Å². The SMILES string of the molecule is CC(C)(C)c1csc(CC(CCl)c2ccccc2)n1. The molecule has 1 unspecified atom stereocenters. The fourth-order valence-electron chi connectivity index (χ4n) is 1.95. The maximum atomic E-state index is 6.13. The summed E-state index contributed by atoms with van der Waals surface area (Å²) in [6.45, 7) is 6.59. The molecule has 0 aliphatic heterocycles. The van der Waals surface area contributed by atoms with Crippen LogP contribution >= 0.6 is 22.9 Å². The van der Waals surface area contributed by atoms with Gasteiger partial charge in [-0.05, 0) is 5.56 Å². The third-order valence-corrected chi connectivity index (χ3v) is 4.44. The fourth-order valence-corrected chi connectivity index (χ4v) is 3.34. The highest BCUT2D eigenvalue weighted by Gasteiger charge is 2.19. The monoisotopic (exact) mass is 293 g/mol. The Kier molecular flexibility index (Phi) is 4.64. The van der Waals surface area contributed by atoms with E-state index < -0.39 is 0 Å². The summed E-state index contributed by atoms with van der Waals surface area (Å²) >= 11 is 7.87. The summed E-state index contributed by atoms with van der Waals surface area (Å²) in [5, 5.41) is 3.35. The summed E-state index contributed by atoms with van der Waals surface area (Å²) in [6.07, 6.45) is 0.925. The van der Waals surface area contributed by atoms with Crippen molar-refractivity contribution in [2.75, 3.05) is 5.88 Å². The molecule has 1 nitrogen and oxygen atoms in total. The summed E-state index contributed by atoms with van der Waals surface area (Å²) in [4.78, 5) is 4.75. The lowest BCUT2D eigenvalue weighted by Gasteiger charge is -2.15. The maximum Gasteiger partial charge on any atom is 0.0935 e. The predicted octanol–water partition coefficient (Wildman–Crippen LogP) is 5.01. The van der Waals surface area contributed by atoms with Gasteiger partial charge in [-0.25, -0.2) is 4.98 Å². The third kappa shape index (κ3) is 3.80. The van der Waals surface area contributed by atoms with Crippen molar-refractivity contribution in [2.24, 2.45) is 0 Å².